The molecule has 2 rings (SSSR count). The standard InChI is InChI=1S/C41H63N11O12/c1-6-22(4)35-40(63)48-26(13-14-31(42)55)37(60)50-30(17-32(43)56)39(62)49-27(12-11-25(54)18-45-28(38(61)51-35)16-23-7-9-24(53)10-8-23)41(64)52(5)20-34(58)47-29(15-21(2)3)36(59)46-19-33(44)57/h7-10,21-22,26-30,35,45,53H,6,11-20H2,1-5H3,(H2,42,55)(H2,43,56)(H2,44,57)(H,46,59)(H,47,58)(H,48,63)(H,49,62)(H,50,60)(H,51,61)/t22-,26-,27-,28-,29-,30-,35-/m0/s1. The first-order valence-electron chi connectivity index (χ1n) is 20.9. The Morgan fingerprint density at radius 1 is 0.812 bits per heavy atom. The number of carbonyl (C=O) groups excluding carboxylic acids is 11. The normalized spacial score (nSPS) is 21.3. The first-order chi connectivity index (χ1) is 30.0. The van der Waals surface area contributed by atoms with Crippen molar-refractivity contribution < 1.29 is 57.8 Å². The second-order valence-corrected chi connectivity index (χ2v) is 16.2. The average Bonchev–Trinajstić information content (AvgIpc) is 3.21. The third kappa shape index (κ3) is 18.8. The minimum absolute atomic E-state index is 0.0199. The predicted molar refractivity (Wildman–Crippen MR) is 228 cm³/mol. The minimum atomic E-state index is -1.76. The molecule has 1 aliphatic rings. The monoisotopic (exact) mass is 901 g/mol. The number of primary amides is 3. The van der Waals surface area contributed by atoms with Crippen molar-refractivity contribution in [1.82, 2.24) is 42.1 Å². The Bertz CT molecular complexity index is 1880. The Labute approximate surface area is 370 Å². The summed E-state index contributed by atoms with van der Waals surface area (Å²) in [7, 11) is 1.21. The van der Waals surface area contributed by atoms with Crippen LogP contribution < -0.4 is 54.4 Å². The number of nitrogens with two attached hydrogens (primary N) is 3. The van der Waals surface area contributed by atoms with Crippen LogP contribution in [0.5, 0.6) is 5.75 Å². The van der Waals surface area contributed by atoms with E-state index in [-0.39, 0.29) is 37.4 Å². The van der Waals surface area contributed by atoms with Crippen molar-refractivity contribution in [2.75, 3.05) is 26.7 Å². The van der Waals surface area contributed by atoms with Gasteiger partial charge in [-0.15, -0.1) is 0 Å². The molecular formula is C41H63N11O12. The van der Waals surface area contributed by atoms with Crippen molar-refractivity contribution in [3.8, 4) is 5.75 Å². The van der Waals surface area contributed by atoms with Crippen LogP contribution >= 0.6 is 0 Å². The Kier molecular flexibility index (Phi) is 21.8. The second kappa shape index (κ2) is 26.1. The first-order valence-corrected chi connectivity index (χ1v) is 20.9. The number of carbonyl (C=O) groups is 11. The molecule has 354 valence electrons. The number of Topliss-reactive ketones (excluding diaryl/α,β-unsaturated/α-hetero) is 1. The van der Waals surface area contributed by atoms with Gasteiger partial charge in [0.25, 0.3) is 0 Å². The lowest BCUT2D eigenvalue weighted by molar-refractivity contribution is -0.140. The van der Waals surface area contributed by atoms with E-state index in [9.17, 15) is 57.8 Å². The lowest BCUT2D eigenvalue weighted by atomic mass is 9.96. The Morgan fingerprint density at radius 3 is 2.00 bits per heavy atom. The molecule has 10 amide bonds. The molecule has 1 aromatic rings. The third-order valence-electron chi connectivity index (χ3n) is 10.3. The number of rotatable bonds is 18. The fraction of sp³-hybridized carbons (Fsp3) is 0.585. The molecule has 0 aromatic heterocycles. The van der Waals surface area contributed by atoms with E-state index in [1.54, 1.807) is 39.8 Å². The molecule has 1 fully saturated rings. The van der Waals surface area contributed by atoms with Crippen LogP contribution in [0.3, 0.4) is 0 Å². The number of benzene rings is 1. The van der Waals surface area contributed by atoms with Crippen LogP contribution in [0, 0.1) is 11.8 Å². The van der Waals surface area contributed by atoms with Gasteiger partial charge in [0.1, 0.15) is 41.7 Å². The number of aromatic hydroxyl groups is 1. The zero-order valence-electron chi connectivity index (χ0n) is 36.8. The van der Waals surface area contributed by atoms with Gasteiger partial charge in [-0.3, -0.25) is 58.1 Å². The number of hydrogen-bond donors (Lipinski definition) is 11. The van der Waals surface area contributed by atoms with Gasteiger partial charge in [0.05, 0.1) is 32.1 Å². The maximum Gasteiger partial charge on any atom is 0.245 e. The highest BCUT2D eigenvalue weighted by molar-refractivity contribution is 5.99. The van der Waals surface area contributed by atoms with Gasteiger partial charge in [-0.1, -0.05) is 46.2 Å². The van der Waals surface area contributed by atoms with E-state index in [1.165, 1.54) is 19.2 Å². The van der Waals surface area contributed by atoms with Gasteiger partial charge in [-0.05, 0) is 55.2 Å². The molecule has 14 N–H and O–H groups in total. The van der Waals surface area contributed by atoms with Gasteiger partial charge in [0, 0.05) is 19.9 Å². The van der Waals surface area contributed by atoms with Gasteiger partial charge in [-0.2, -0.15) is 0 Å². The van der Waals surface area contributed by atoms with E-state index in [0.717, 1.165) is 4.90 Å². The van der Waals surface area contributed by atoms with Gasteiger partial charge in [0.15, 0.2) is 0 Å². The highest BCUT2D eigenvalue weighted by Gasteiger charge is 2.36. The molecule has 1 aliphatic heterocycles. The summed E-state index contributed by atoms with van der Waals surface area (Å²) in [5.74, 6) is -10.0. The topological polar surface area (TPSA) is 374 Å². The smallest absolute Gasteiger partial charge is 0.245 e. The molecular weight excluding hydrogens is 839 g/mol. The van der Waals surface area contributed by atoms with Gasteiger partial charge >= 0.3 is 0 Å². The molecule has 1 aromatic carbocycles. The highest BCUT2D eigenvalue weighted by Crippen LogP contribution is 2.15. The van der Waals surface area contributed by atoms with Gasteiger partial charge < -0.3 is 59.1 Å². The van der Waals surface area contributed by atoms with Crippen molar-refractivity contribution in [2.24, 2.45) is 29.0 Å². The number of ketones is 1. The van der Waals surface area contributed by atoms with Crippen LogP contribution in [-0.2, 0) is 59.2 Å². The van der Waals surface area contributed by atoms with E-state index in [4.69, 9.17) is 17.2 Å². The maximum absolute atomic E-state index is 14.0. The van der Waals surface area contributed by atoms with Gasteiger partial charge in [-0.25, -0.2) is 0 Å². The summed E-state index contributed by atoms with van der Waals surface area (Å²) < 4.78 is 0. The maximum atomic E-state index is 14.0. The summed E-state index contributed by atoms with van der Waals surface area (Å²) in [5.41, 5.74) is 16.5. The lowest BCUT2D eigenvalue weighted by Gasteiger charge is -2.30. The number of nitrogens with one attached hydrogen (secondary N) is 7. The quantitative estimate of drug-likeness (QED) is 0.0670. The number of nitrogens with zero attached hydrogens (tertiary/aromatic N) is 1. The van der Waals surface area contributed by atoms with Crippen molar-refractivity contribution in [2.45, 2.75) is 115 Å². The highest BCUT2D eigenvalue weighted by atomic mass is 16.3. The van der Waals surface area contributed by atoms with Gasteiger partial charge in [0.2, 0.25) is 59.1 Å². The van der Waals surface area contributed by atoms with E-state index >= 15 is 0 Å². The van der Waals surface area contributed by atoms with Crippen LogP contribution in [0.1, 0.15) is 78.2 Å². The summed E-state index contributed by atoms with van der Waals surface area (Å²) >= 11 is 0. The van der Waals surface area contributed by atoms with E-state index in [1.807, 2.05) is 0 Å². The van der Waals surface area contributed by atoms with Crippen LogP contribution in [0.2, 0.25) is 0 Å². The molecule has 0 saturated carbocycles. The van der Waals surface area contributed by atoms with Crippen LogP contribution in [0.25, 0.3) is 0 Å². The van der Waals surface area contributed by atoms with E-state index < -0.39 is 146 Å². The fourth-order valence-corrected chi connectivity index (χ4v) is 6.54. The molecule has 0 radical (unpaired) electrons. The molecule has 7 atom stereocenters. The summed E-state index contributed by atoms with van der Waals surface area (Å²) in [6.07, 6.45) is -1.86. The van der Waals surface area contributed by atoms with Crippen molar-refractivity contribution in [1.29, 1.82) is 0 Å². The predicted octanol–water partition coefficient (Wildman–Crippen LogP) is -4.03. The number of likely N-dealkylation sites (N-methyl/N-ethyl adjacent to an activating group) is 1. The summed E-state index contributed by atoms with van der Waals surface area (Å²) in [4.78, 5) is 145. The molecule has 1 saturated heterocycles. The molecule has 23 heteroatoms. The zero-order chi connectivity index (χ0) is 48.3. The van der Waals surface area contributed by atoms with Crippen LogP contribution in [0.4, 0.5) is 0 Å². The Balaban J connectivity index is 2.57. The average molecular weight is 902 g/mol. The summed E-state index contributed by atoms with van der Waals surface area (Å²) in [6, 6.07) is -2.49. The number of hydrogen-bond acceptors (Lipinski definition) is 13. The fourth-order valence-electron chi connectivity index (χ4n) is 6.54. The lowest BCUT2D eigenvalue weighted by Crippen LogP contribution is -2.61. The molecule has 0 bridgehead atoms. The molecule has 0 aliphatic carbocycles. The van der Waals surface area contributed by atoms with E-state index in [2.05, 4.69) is 37.2 Å². The molecule has 1 heterocycles. The first kappa shape index (κ1) is 53.5. The Hall–Kier alpha value is -6.65. The molecule has 0 unspecified atom stereocenters. The van der Waals surface area contributed by atoms with Crippen molar-refractivity contribution in [3.05, 3.63) is 29.8 Å². The molecule has 23 nitrogen and oxygen atoms in total. The number of amides is 10. The zero-order valence-corrected chi connectivity index (χ0v) is 36.8. The van der Waals surface area contributed by atoms with Crippen molar-refractivity contribution in [3.63, 3.8) is 0 Å². The Morgan fingerprint density at radius 2 is 1.42 bits per heavy atom. The van der Waals surface area contributed by atoms with E-state index in [0.29, 0.717) is 12.0 Å². The second-order valence-electron chi connectivity index (χ2n) is 16.2. The van der Waals surface area contributed by atoms with Crippen molar-refractivity contribution >= 4 is 64.9 Å². The largest absolute Gasteiger partial charge is 0.508 e. The third-order valence-corrected chi connectivity index (χ3v) is 10.3. The molecule has 64 heavy (non-hydrogen) atoms. The minimum Gasteiger partial charge on any atom is -0.508 e. The number of phenolic OH excluding ortho intramolecular Hbond substituents is 1. The summed E-state index contributed by atoms with van der Waals surface area (Å²) in [5, 5.41) is 27.5. The SMILES string of the molecule is CC[C@H](C)[C@@H]1NC(=O)[C@H](Cc2ccc(O)cc2)NCC(=O)CC[C@@H](C(=O)N(C)CC(=O)N[C@@H](CC(C)C)C(=O)NCC(N)=O)NC(=O)[C@H](CC(N)=O)NC(=O)[C@H](CCC(N)=O)NC1=O. The van der Waals surface area contributed by atoms with Crippen LogP contribution in [-0.4, -0.2) is 138 Å². The summed E-state index contributed by atoms with van der Waals surface area (Å²) in [6.45, 7) is 5.42. The number of phenols is 1. The molecule has 0 spiro atoms. The van der Waals surface area contributed by atoms with Crippen LogP contribution in [0.15, 0.2) is 24.3 Å².